The number of hydrogen-bond donors (Lipinski definition) is 2. The van der Waals surface area contributed by atoms with Crippen molar-refractivity contribution in [1.29, 1.82) is 0 Å². The van der Waals surface area contributed by atoms with Gasteiger partial charge in [0, 0.05) is 49.9 Å². The summed E-state index contributed by atoms with van der Waals surface area (Å²) in [4.78, 5) is 43.5. The Morgan fingerprint density at radius 3 is 2.42 bits per heavy atom. The number of benzene rings is 2. The standard InChI is InChI=1S/C32H41FN4O3/c33-27-11-12-29-26(22-27)15-17-36(29)20-16-34-31(39)28(21-23-7-3-1-4-8-23)35-30(38)24-13-18-37(19-14-24)32(40)25-9-5-2-6-10-25/h2,5-6,9-12,22-24,28H,1,3-4,7-8,13-21H2,(H,34,39)(H,35,38)/t28-/m0/s1. The number of halogens is 1. The van der Waals surface area contributed by atoms with Crippen molar-refractivity contribution in [3.8, 4) is 0 Å². The maximum atomic E-state index is 13.6. The Kier molecular flexibility index (Phi) is 9.34. The van der Waals surface area contributed by atoms with Gasteiger partial charge in [0.05, 0.1) is 0 Å². The van der Waals surface area contributed by atoms with E-state index in [-0.39, 0.29) is 29.5 Å². The number of anilines is 1. The van der Waals surface area contributed by atoms with Crippen LogP contribution in [0.15, 0.2) is 48.5 Å². The number of carbonyl (C=O) groups is 3. The molecule has 8 heteroatoms. The first-order valence-electron chi connectivity index (χ1n) is 14.9. The molecule has 3 aliphatic rings. The molecule has 2 aliphatic heterocycles. The van der Waals surface area contributed by atoms with E-state index >= 15 is 0 Å². The Morgan fingerprint density at radius 1 is 0.925 bits per heavy atom. The van der Waals surface area contributed by atoms with E-state index in [1.165, 1.54) is 25.3 Å². The summed E-state index contributed by atoms with van der Waals surface area (Å²) >= 11 is 0. The van der Waals surface area contributed by atoms with E-state index in [2.05, 4.69) is 15.5 Å². The molecule has 1 aliphatic carbocycles. The van der Waals surface area contributed by atoms with Gasteiger partial charge in [-0.25, -0.2) is 4.39 Å². The minimum atomic E-state index is -0.556. The third-order valence-electron chi connectivity index (χ3n) is 8.81. The van der Waals surface area contributed by atoms with Crippen LogP contribution in [-0.4, -0.2) is 61.4 Å². The summed E-state index contributed by atoms with van der Waals surface area (Å²) < 4.78 is 13.6. The number of rotatable bonds is 9. The molecule has 0 unspecified atom stereocenters. The van der Waals surface area contributed by atoms with Crippen LogP contribution < -0.4 is 15.5 Å². The molecular formula is C32H41FN4O3. The van der Waals surface area contributed by atoms with Crippen molar-refractivity contribution >= 4 is 23.4 Å². The number of carbonyl (C=O) groups excluding carboxylic acids is 3. The molecule has 0 spiro atoms. The van der Waals surface area contributed by atoms with Crippen LogP contribution in [-0.2, 0) is 16.0 Å². The number of hydrogen-bond acceptors (Lipinski definition) is 4. The third kappa shape index (κ3) is 7.01. The lowest BCUT2D eigenvalue weighted by Crippen LogP contribution is -2.52. The molecule has 7 nitrogen and oxygen atoms in total. The second-order valence-corrected chi connectivity index (χ2v) is 11.5. The SMILES string of the molecule is O=C(N[C@@H](CC1CCCCC1)C(=O)NCCN1CCc2cc(F)ccc21)C1CCN(C(=O)c2ccccc2)CC1. The van der Waals surface area contributed by atoms with Gasteiger partial charge in [0.1, 0.15) is 11.9 Å². The maximum Gasteiger partial charge on any atom is 0.253 e. The van der Waals surface area contributed by atoms with Gasteiger partial charge in [0.15, 0.2) is 0 Å². The van der Waals surface area contributed by atoms with Crippen LogP contribution in [0.2, 0.25) is 0 Å². The summed E-state index contributed by atoms with van der Waals surface area (Å²) in [6.45, 7) is 2.98. The normalized spacial score (nSPS) is 18.7. The summed E-state index contributed by atoms with van der Waals surface area (Å²) in [5.41, 5.74) is 2.70. The molecule has 1 saturated heterocycles. The van der Waals surface area contributed by atoms with Gasteiger partial charge in [-0.2, -0.15) is 0 Å². The topological polar surface area (TPSA) is 81.8 Å². The first-order chi connectivity index (χ1) is 19.5. The van der Waals surface area contributed by atoms with Crippen molar-refractivity contribution in [3.05, 3.63) is 65.5 Å². The second kappa shape index (κ2) is 13.3. The van der Waals surface area contributed by atoms with Crippen molar-refractivity contribution in [3.63, 3.8) is 0 Å². The Bertz CT molecular complexity index is 1180. The number of amides is 3. The van der Waals surface area contributed by atoms with E-state index in [0.29, 0.717) is 56.9 Å². The average molecular weight is 549 g/mol. The zero-order valence-electron chi connectivity index (χ0n) is 23.2. The fraction of sp³-hybridized carbons (Fsp3) is 0.531. The van der Waals surface area contributed by atoms with Crippen molar-refractivity contribution < 1.29 is 18.8 Å². The van der Waals surface area contributed by atoms with Crippen LogP contribution in [0.1, 0.15) is 67.3 Å². The monoisotopic (exact) mass is 548 g/mol. The summed E-state index contributed by atoms with van der Waals surface area (Å²) in [6.07, 6.45) is 8.44. The summed E-state index contributed by atoms with van der Waals surface area (Å²) in [7, 11) is 0. The lowest BCUT2D eigenvalue weighted by atomic mass is 9.84. The largest absolute Gasteiger partial charge is 0.369 e. The summed E-state index contributed by atoms with van der Waals surface area (Å²) in [6, 6.07) is 13.6. The molecule has 2 N–H and O–H groups in total. The lowest BCUT2D eigenvalue weighted by Gasteiger charge is -2.33. The van der Waals surface area contributed by atoms with Crippen LogP contribution in [0.3, 0.4) is 0 Å². The van der Waals surface area contributed by atoms with Crippen molar-refractivity contribution in [1.82, 2.24) is 15.5 Å². The van der Waals surface area contributed by atoms with Crippen LogP contribution in [0.4, 0.5) is 10.1 Å². The first kappa shape index (κ1) is 28.1. The molecule has 1 saturated carbocycles. The molecule has 0 aromatic heterocycles. The predicted molar refractivity (Wildman–Crippen MR) is 154 cm³/mol. The van der Waals surface area contributed by atoms with E-state index in [1.54, 1.807) is 6.07 Å². The fourth-order valence-corrected chi connectivity index (χ4v) is 6.49. The van der Waals surface area contributed by atoms with E-state index in [1.807, 2.05) is 41.3 Å². The van der Waals surface area contributed by atoms with Gasteiger partial charge < -0.3 is 20.4 Å². The van der Waals surface area contributed by atoms with Crippen LogP contribution in [0.5, 0.6) is 0 Å². The molecule has 2 fully saturated rings. The van der Waals surface area contributed by atoms with E-state index in [0.717, 1.165) is 37.1 Å². The number of likely N-dealkylation sites (tertiary alicyclic amines) is 1. The number of fused-ring (bicyclic) bond motifs is 1. The van der Waals surface area contributed by atoms with Crippen molar-refractivity contribution in [2.75, 3.05) is 37.6 Å². The molecule has 1 atom stereocenters. The van der Waals surface area contributed by atoms with Gasteiger partial charge in [-0.15, -0.1) is 0 Å². The van der Waals surface area contributed by atoms with Crippen LogP contribution in [0.25, 0.3) is 0 Å². The summed E-state index contributed by atoms with van der Waals surface area (Å²) in [5.74, 6) is -0.200. The molecule has 0 radical (unpaired) electrons. The molecule has 2 heterocycles. The highest BCUT2D eigenvalue weighted by Crippen LogP contribution is 2.29. The third-order valence-corrected chi connectivity index (χ3v) is 8.81. The smallest absolute Gasteiger partial charge is 0.253 e. The minimum absolute atomic E-state index is 0.000212. The van der Waals surface area contributed by atoms with Crippen LogP contribution in [0, 0.1) is 17.7 Å². The van der Waals surface area contributed by atoms with E-state index in [4.69, 9.17) is 0 Å². The molecule has 5 rings (SSSR count). The zero-order valence-corrected chi connectivity index (χ0v) is 23.2. The number of piperidine rings is 1. The van der Waals surface area contributed by atoms with Gasteiger partial charge in [-0.05, 0) is 67.5 Å². The Labute approximate surface area is 236 Å². The second-order valence-electron chi connectivity index (χ2n) is 11.5. The Balaban J connectivity index is 1.14. The van der Waals surface area contributed by atoms with Gasteiger partial charge in [-0.1, -0.05) is 50.3 Å². The molecule has 3 amide bonds. The quantitative estimate of drug-likeness (QED) is 0.489. The summed E-state index contributed by atoms with van der Waals surface area (Å²) in [5, 5.41) is 6.17. The lowest BCUT2D eigenvalue weighted by molar-refractivity contribution is -0.132. The Hall–Kier alpha value is -3.42. The van der Waals surface area contributed by atoms with Gasteiger partial charge in [0.2, 0.25) is 11.8 Å². The highest BCUT2D eigenvalue weighted by molar-refractivity contribution is 5.94. The predicted octanol–water partition coefficient (Wildman–Crippen LogP) is 4.31. The molecule has 2 aromatic rings. The van der Waals surface area contributed by atoms with Gasteiger partial charge >= 0.3 is 0 Å². The molecule has 2 aromatic carbocycles. The van der Waals surface area contributed by atoms with Crippen LogP contribution >= 0.6 is 0 Å². The van der Waals surface area contributed by atoms with Crippen molar-refractivity contribution in [2.45, 2.75) is 63.8 Å². The van der Waals surface area contributed by atoms with Gasteiger partial charge in [-0.3, -0.25) is 14.4 Å². The van der Waals surface area contributed by atoms with Crippen molar-refractivity contribution in [2.24, 2.45) is 11.8 Å². The van der Waals surface area contributed by atoms with Gasteiger partial charge in [0.25, 0.3) is 5.91 Å². The minimum Gasteiger partial charge on any atom is -0.369 e. The van der Waals surface area contributed by atoms with E-state index < -0.39 is 6.04 Å². The highest BCUT2D eigenvalue weighted by Gasteiger charge is 2.32. The zero-order chi connectivity index (χ0) is 27.9. The maximum absolute atomic E-state index is 13.6. The average Bonchev–Trinajstić information content (AvgIpc) is 3.39. The Morgan fingerprint density at radius 2 is 1.68 bits per heavy atom. The molecule has 214 valence electrons. The van der Waals surface area contributed by atoms with E-state index in [9.17, 15) is 18.8 Å². The highest BCUT2D eigenvalue weighted by atomic mass is 19.1. The number of nitrogens with zero attached hydrogens (tertiary/aromatic N) is 2. The number of nitrogens with one attached hydrogen (secondary N) is 2. The fourth-order valence-electron chi connectivity index (χ4n) is 6.49. The first-order valence-corrected chi connectivity index (χ1v) is 14.9. The molecule has 40 heavy (non-hydrogen) atoms. The molecular weight excluding hydrogens is 507 g/mol. The molecule has 0 bridgehead atoms.